The number of rotatable bonds is 4. The lowest BCUT2D eigenvalue weighted by Gasteiger charge is -2.38. The van der Waals surface area contributed by atoms with E-state index in [1.807, 2.05) is 4.90 Å². The molecule has 0 bridgehead atoms. The summed E-state index contributed by atoms with van der Waals surface area (Å²) in [6.45, 7) is 0.893. The molecule has 1 amide bonds. The fourth-order valence-electron chi connectivity index (χ4n) is 5.33. The van der Waals surface area contributed by atoms with Gasteiger partial charge in [0.15, 0.2) is 5.89 Å². The summed E-state index contributed by atoms with van der Waals surface area (Å²) in [5.41, 5.74) is 1.16. The first-order valence-corrected chi connectivity index (χ1v) is 12.0. The molecule has 0 N–H and O–H groups in total. The Morgan fingerprint density at radius 2 is 1.71 bits per heavy atom. The molecule has 1 aliphatic carbocycles. The maximum atomic E-state index is 13.7. The monoisotopic (exact) mass is 486 g/mol. The van der Waals surface area contributed by atoms with Crippen LogP contribution in [0.3, 0.4) is 0 Å². The summed E-state index contributed by atoms with van der Waals surface area (Å²) < 4.78 is 58.6. The number of hydrogen-bond acceptors (Lipinski definition) is 3. The fraction of sp³-hybridized carbons (Fsp3) is 0.407. The van der Waals surface area contributed by atoms with Crippen LogP contribution in [0.2, 0.25) is 0 Å². The lowest BCUT2D eigenvalue weighted by molar-refractivity contribution is -0.138. The van der Waals surface area contributed by atoms with Gasteiger partial charge in [-0.3, -0.25) is 4.79 Å². The van der Waals surface area contributed by atoms with Crippen LogP contribution in [0.5, 0.6) is 0 Å². The highest BCUT2D eigenvalue weighted by atomic mass is 19.4. The SMILES string of the molecule is O=C(C1CCCC1)N1CC(c2ccc(C(F)(F)F)cc2)CC(c2nc(-c3cccc(F)c3)co2)C1. The third-order valence-corrected chi connectivity index (χ3v) is 7.17. The molecule has 184 valence electrons. The first-order chi connectivity index (χ1) is 16.8. The van der Waals surface area contributed by atoms with Crippen molar-refractivity contribution in [2.45, 2.75) is 50.1 Å². The zero-order valence-corrected chi connectivity index (χ0v) is 19.1. The second-order valence-corrected chi connectivity index (χ2v) is 9.56. The van der Waals surface area contributed by atoms with Gasteiger partial charge in [-0.2, -0.15) is 13.2 Å². The Kier molecular flexibility index (Phi) is 6.38. The van der Waals surface area contributed by atoms with Gasteiger partial charge in [0, 0.05) is 30.5 Å². The number of aromatic nitrogens is 1. The Balaban J connectivity index is 1.42. The van der Waals surface area contributed by atoms with E-state index in [1.165, 1.54) is 30.5 Å². The predicted molar refractivity (Wildman–Crippen MR) is 122 cm³/mol. The van der Waals surface area contributed by atoms with E-state index in [1.54, 1.807) is 12.1 Å². The van der Waals surface area contributed by atoms with Crippen molar-refractivity contribution in [1.82, 2.24) is 9.88 Å². The lowest BCUT2D eigenvalue weighted by atomic mass is 9.83. The minimum atomic E-state index is -4.40. The van der Waals surface area contributed by atoms with Gasteiger partial charge in [0.25, 0.3) is 0 Å². The molecule has 2 unspecified atom stereocenters. The van der Waals surface area contributed by atoms with Crippen LogP contribution in [0, 0.1) is 11.7 Å². The summed E-state index contributed by atoms with van der Waals surface area (Å²) in [4.78, 5) is 19.7. The van der Waals surface area contributed by atoms with Gasteiger partial charge in [-0.15, -0.1) is 0 Å². The third kappa shape index (κ3) is 5.11. The Hall–Kier alpha value is -3.16. The first kappa shape index (κ1) is 23.6. The van der Waals surface area contributed by atoms with Crippen molar-refractivity contribution < 1.29 is 26.8 Å². The van der Waals surface area contributed by atoms with Gasteiger partial charge in [0.05, 0.1) is 11.5 Å². The molecular formula is C27H26F4N2O2. The van der Waals surface area contributed by atoms with Crippen molar-refractivity contribution in [3.63, 3.8) is 0 Å². The van der Waals surface area contributed by atoms with E-state index in [9.17, 15) is 22.4 Å². The first-order valence-electron chi connectivity index (χ1n) is 12.0. The summed E-state index contributed by atoms with van der Waals surface area (Å²) in [7, 11) is 0. The summed E-state index contributed by atoms with van der Waals surface area (Å²) in [5, 5.41) is 0. The minimum Gasteiger partial charge on any atom is -0.448 e. The summed E-state index contributed by atoms with van der Waals surface area (Å²) in [5.74, 6) is -0.199. The average molecular weight is 487 g/mol. The molecule has 1 saturated heterocycles. The molecule has 4 nitrogen and oxygen atoms in total. The molecule has 35 heavy (non-hydrogen) atoms. The molecule has 2 aliphatic rings. The van der Waals surface area contributed by atoms with Crippen molar-refractivity contribution in [2.75, 3.05) is 13.1 Å². The number of benzene rings is 2. The highest BCUT2D eigenvalue weighted by Crippen LogP contribution is 2.39. The summed E-state index contributed by atoms with van der Waals surface area (Å²) >= 11 is 0. The number of halogens is 4. The van der Waals surface area contributed by atoms with E-state index in [-0.39, 0.29) is 29.5 Å². The molecule has 3 aromatic rings. The normalized spacial score (nSPS) is 21.4. The molecule has 2 fully saturated rings. The largest absolute Gasteiger partial charge is 0.448 e. The number of likely N-dealkylation sites (tertiary alicyclic amines) is 1. The smallest absolute Gasteiger partial charge is 0.416 e. The van der Waals surface area contributed by atoms with Gasteiger partial charge < -0.3 is 9.32 Å². The molecule has 1 aromatic heterocycles. The number of carbonyl (C=O) groups is 1. The number of oxazole rings is 1. The molecule has 2 atom stereocenters. The van der Waals surface area contributed by atoms with Crippen molar-refractivity contribution in [3.8, 4) is 11.3 Å². The van der Waals surface area contributed by atoms with Crippen LogP contribution in [0.4, 0.5) is 17.6 Å². The number of hydrogen-bond donors (Lipinski definition) is 0. The maximum absolute atomic E-state index is 13.7. The summed E-state index contributed by atoms with van der Waals surface area (Å²) in [6, 6.07) is 11.3. The molecule has 0 radical (unpaired) electrons. The van der Waals surface area contributed by atoms with Gasteiger partial charge in [-0.25, -0.2) is 9.37 Å². The molecule has 0 spiro atoms. The van der Waals surface area contributed by atoms with Crippen LogP contribution in [0.25, 0.3) is 11.3 Å². The second-order valence-electron chi connectivity index (χ2n) is 9.56. The number of alkyl halides is 3. The standard InChI is InChI=1S/C27H26F4N2O2/c28-23-7-3-6-19(13-23)24-16-35-25(32-24)21-12-20(17-8-10-22(11-9-17)27(29,30)31)14-33(15-21)26(34)18-4-1-2-5-18/h3,6-11,13,16,18,20-21H,1-2,4-5,12,14-15H2. The van der Waals surface area contributed by atoms with E-state index in [0.717, 1.165) is 43.4 Å². The molecular weight excluding hydrogens is 460 g/mol. The molecule has 2 aromatic carbocycles. The number of amides is 1. The fourth-order valence-corrected chi connectivity index (χ4v) is 5.33. The van der Waals surface area contributed by atoms with Gasteiger partial charge in [-0.05, 0) is 49.1 Å². The van der Waals surface area contributed by atoms with Crippen molar-refractivity contribution >= 4 is 5.91 Å². The Bertz CT molecular complexity index is 1180. The number of nitrogens with zero attached hydrogens (tertiary/aromatic N) is 2. The van der Waals surface area contributed by atoms with Crippen molar-refractivity contribution in [1.29, 1.82) is 0 Å². The zero-order chi connectivity index (χ0) is 24.6. The highest BCUT2D eigenvalue weighted by molar-refractivity contribution is 5.79. The van der Waals surface area contributed by atoms with Crippen LogP contribution < -0.4 is 0 Å². The highest BCUT2D eigenvalue weighted by Gasteiger charge is 2.37. The molecule has 8 heteroatoms. The van der Waals surface area contributed by atoms with E-state index in [4.69, 9.17) is 4.42 Å². The summed E-state index contributed by atoms with van der Waals surface area (Å²) in [6.07, 6.45) is 1.47. The van der Waals surface area contributed by atoms with Crippen LogP contribution in [-0.4, -0.2) is 28.9 Å². The van der Waals surface area contributed by atoms with Crippen molar-refractivity contribution in [3.05, 3.63) is 77.6 Å². The second kappa shape index (κ2) is 9.47. The Morgan fingerprint density at radius 1 is 1.00 bits per heavy atom. The van der Waals surface area contributed by atoms with E-state index < -0.39 is 11.7 Å². The molecule has 2 heterocycles. The predicted octanol–water partition coefficient (Wildman–Crippen LogP) is 6.79. The minimum absolute atomic E-state index is 0.00517. The Labute approximate surface area is 201 Å². The Morgan fingerprint density at radius 3 is 2.40 bits per heavy atom. The number of piperidine rings is 1. The van der Waals surface area contributed by atoms with Crippen molar-refractivity contribution in [2.24, 2.45) is 5.92 Å². The average Bonchev–Trinajstić information content (AvgIpc) is 3.56. The lowest BCUT2D eigenvalue weighted by Crippen LogP contribution is -2.44. The quantitative estimate of drug-likeness (QED) is 0.382. The van der Waals surface area contributed by atoms with Crippen LogP contribution in [-0.2, 0) is 11.0 Å². The van der Waals surface area contributed by atoms with Gasteiger partial charge >= 0.3 is 6.18 Å². The van der Waals surface area contributed by atoms with Gasteiger partial charge in [0.2, 0.25) is 5.91 Å². The van der Waals surface area contributed by atoms with E-state index in [2.05, 4.69) is 4.98 Å². The van der Waals surface area contributed by atoms with Gasteiger partial charge in [0.1, 0.15) is 17.8 Å². The van der Waals surface area contributed by atoms with Crippen LogP contribution >= 0.6 is 0 Å². The number of carbonyl (C=O) groups excluding carboxylic acids is 1. The van der Waals surface area contributed by atoms with Gasteiger partial charge in [-0.1, -0.05) is 37.1 Å². The third-order valence-electron chi connectivity index (χ3n) is 7.17. The topological polar surface area (TPSA) is 46.3 Å². The molecule has 1 aliphatic heterocycles. The van der Waals surface area contributed by atoms with E-state index in [0.29, 0.717) is 36.7 Å². The molecule has 1 saturated carbocycles. The maximum Gasteiger partial charge on any atom is 0.416 e. The molecule has 5 rings (SSSR count). The van der Waals surface area contributed by atoms with Crippen LogP contribution in [0.1, 0.15) is 61.0 Å². The van der Waals surface area contributed by atoms with Crippen LogP contribution in [0.15, 0.2) is 59.2 Å². The van der Waals surface area contributed by atoms with E-state index >= 15 is 0 Å². The zero-order valence-electron chi connectivity index (χ0n) is 19.1.